The highest BCUT2D eigenvalue weighted by Gasteiger charge is 2.10. The number of carbonyl (C=O) groups excluding carboxylic acids is 1. The fourth-order valence-electron chi connectivity index (χ4n) is 2.44. The number of urea groups is 1. The molecule has 6 nitrogen and oxygen atoms in total. The molecule has 0 aliphatic carbocycles. The SMILES string of the molecule is CCOc1ncccc1CNC(=O)Nc1ccccc1Oc1ccccc1. The van der Waals surface area contributed by atoms with Crippen LogP contribution >= 0.6 is 0 Å². The van der Waals surface area contributed by atoms with Crippen LogP contribution in [0.3, 0.4) is 0 Å². The van der Waals surface area contributed by atoms with Gasteiger partial charge in [0.2, 0.25) is 5.88 Å². The van der Waals surface area contributed by atoms with E-state index in [9.17, 15) is 4.79 Å². The first-order chi connectivity index (χ1) is 13.3. The van der Waals surface area contributed by atoms with Crippen LogP contribution in [0.2, 0.25) is 0 Å². The lowest BCUT2D eigenvalue weighted by molar-refractivity contribution is 0.251. The number of carbonyl (C=O) groups is 1. The molecule has 3 rings (SSSR count). The molecule has 6 heteroatoms. The summed E-state index contributed by atoms with van der Waals surface area (Å²) in [6.45, 7) is 2.71. The van der Waals surface area contributed by atoms with E-state index in [0.717, 1.165) is 5.56 Å². The van der Waals surface area contributed by atoms with Gasteiger partial charge >= 0.3 is 6.03 Å². The summed E-state index contributed by atoms with van der Waals surface area (Å²) in [7, 11) is 0. The Balaban J connectivity index is 1.63. The number of rotatable bonds is 7. The van der Waals surface area contributed by atoms with Gasteiger partial charge in [0.25, 0.3) is 0 Å². The quantitative estimate of drug-likeness (QED) is 0.644. The van der Waals surface area contributed by atoms with Gasteiger partial charge in [-0.1, -0.05) is 36.4 Å². The largest absolute Gasteiger partial charge is 0.478 e. The molecule has 0 radical (unpaired) electrons. The molecule has 1 heterocycles. The van der Waals surface area contributed by atoms with Crippen molar-refractivity contribution in [3.63, 3.8) is 0 Å². The molecule has 0 bridgehead atoms. The van der Waals surface area contributed by atoms with Crippen molar-refractivity contribution in [1.29, 1.82) is 0 Å². The van der Waals surface area contributed by atoms with Gasteiger partial charge in [-0.3, -0.25) is 0 Å². The summed E-state index contributed by atoms with van der Waals surface area (Å²) in [5.41, 5.74) is 1.39. The Morgan fingerprint density at radius 2 is 1.78 bits per heavy atom. The van der Waals surface area contributed by atoms with Crippen molar-refractivity contribution in [2.24, 2.45) is 0 Å². The van der Waals surface area contributed by atoms with Gasteiger partial charge in [-0.25, -0.2) is 9.78 Å². The molecular weight excluding hydrogens is 342 g/mol. The van der Waals surface area contributed by atoms with Gasteiger partial charge in [-0.05, 0) is 37.3 Å². The van der Waals surface area contributed by atoms with Gasteiger partial charge < -0.3 is 20.1 Å². The maximum absolute atomic E-state index is 12.3. The van der Waals surface area contributed by atoms with Crippen LogP contribution < -0.4 is 20.1 Å². The zero-order valence-corrected chi connectivity index (χ0v) is 15.0. The zero-order chi connectivity index (χ0) is 18.9. The second kappa shape index (κ2) is 9.24. The number of nitrogens with zero attached hydrogens (tertiary/aromatic N) is 1. The molecule has 3 aromatic rings. The van der Waals surface area contributed by atoms with Crippen molar-refractivity contribution in [3.8, 4) is 17.4 Å². The first kappa shape index (κ1) is 18.3. The van der Waals surface area contributed by atoms with Crippen LogP contribution in [0.4, 0.5) is 10.5 Å². The second-order valence-corrected chi connectivity index (χ2v) is 5.62. The van der Waals surface area contributed by atoms with E-state index >= 15 is 0 Å². The molecular formula is C21H21N3O3. The number of amides is 2. The summed E-state index contributed by atoms with van der Waals surface area (Å²) in [5, 5.41) is 5.63. The van der Waals surface area contributed by atoms with E-state index in [1.165, 1.54) is 0 Å². The highest BCUT2D eigenvalue weighted by atomic mass is 16.5. The maximum atomic E-state index is 12.3. The topological polar surface area (TPSA) is 72.5 Å². The molecule has 2 aromatic carbocycles. The average Bonchev–Trinajstić information content (AvgIpc) is 2.70. The van der Waals surface area contributed by atoms with Crippen molar-refractivity contribution >= 4 is 11.7 Å². The number of aromatic nitrogens is 1. The van der Waals surface area contributed by atoms with E-state index in [2.05, 4.69) is 15.6 Å². The minimum absolute atomic E-state index is 0.302. The molecule has 2 N–H and O–H groups in total. The number of anilines is 1. The van der Waals surface area contributed by atoms with Gasteiger partial charge in [0.15, 0.2) is 5.75 Å². The van der Waals surface area contributed by atoms with Gasteiger partial charge in [0.05, 0.1) is 12.3 Å². The average molecular weight is 363 g/mol. The third-order valence-corrected chi connectivity index (χ3v) is 3.68. The number of para-hydroxylation sites is 3. The van der Waals surface area contributed by atoms with Crippen molar-refractivity contribution in [1.82, 2.24) is 10.3 Å². The minimum Gasteiger partial charge on any atom is -0.478 e. The molecule has 0 unspecified atom stereocenters. The maximum Gasteiger partial charge on any atom is 0.319 e. The first-order valence-electron chi connectivity index (χ1n) is 8.69. The van der Waals surface area contributed by atoms with E-state index in [1.807, 2.05) is 55.5 Å². The van der Waals surface area contributed by atoms with Crippen LogP contribution in [-0.4, -0.2) is 17.6 Å². The zero-order valence-electron chi connectivity index (χ0n) is 15.0. The molecule has 0 saturated heterocycles. The Hall–Kier alpha value is -3.54. The van der Waals surface area contributed by atoms with Gasteiger partial charge in [0.1, 0.15) is 5.75 Å². The Morgan fingerprint density at radius 3 is 2.59 bits per heavy atom. The minimum atomic E-state index is -0.342. The third-order valence-electron chi connectivity index (χ3n) is 3.68. The summed E-state index contributed by atoms with van der Waals surface area (Å²) < 4.78 is 11.3. The van der Waals surface area contributed by atoms with Crippen LogP contribution in [0, 0.1) is 0 Å². The summed E-state index contributed by atoms with van der Waals surface area (Å²) in [6.07, 6.45) is 1.66. The molecule has 0 aliphatic rings. The van der Waals surface area contributed by atoms with E-state index in [1.54, 1.807) is 24.4 Å². The normalized spacial score (nSPS) is 10.1. The summed E-state index contributed by atoms with van der Waals surface area (Å²) >= 11 is 0. The molecule has 0 atom stereocenters. The van der Waals surface area contributed by atoms with Crippen molar-refractivity contribution in [3.05, 3.63) is 78.5 Å². The van der Waals surface area contributed by atoms with Crippen LogP contribution in [0.15, 0.2) is 72.9 Å². The van der Waals surface area contributed by atoms with E-state index in [-0.39, 0.29) is 6.03 Å². The van der Waals surface area contributed by atoms with E-state index < -0.39 is 0 Å². The third kappa shape index (κ3) is 5.22. The standard InChI is InChI=1S/C21H21N3O3/c1-2-26-20-16(9-8-14-22-20)15-23-21(25)24-18-12-6-7-13-19(18)27-17-10-4-3-5-11-17/h3-14H,2,15H2,1H3,(H2,23,24,25). The molecule has 0 fully saturated rings. The molecule has 0 saturated carbocycles. The van der Waals surface area contributed by atoms with E-state index in [4.69, 9.17) is 9.47 Å². The van der Waals surface area contributed by atoms with Crippen LogP contribution in [0.25, 0.3) is 0 Å². The van der Waals surface area contributed by atoms with Crippen LogP contribution in [0.1, 0.15) is 12.5 Å². The lowest BCUT2D eigenvalue weighted by Crippen LogP contribution is -2.28. The highest BCUT2D eigenvalue weighted by Crippen LogP contribution is 2.29. The Kier molecular flexibility index (Phi) is 6.25. The van der Waals surface area contributed by atoms with Crippen molar-refractivity contribution in [2.45, 2.75) is 13.5 Å². The number of nitrogens with one attached hydrogen (secondary N) is 2. The Morgan fingerprint density at radius 1 is 1.00 bits per heavy atom. The van der Waals surface area contributed by atoms with Crippen LogP contribution in [-0.2, 0) is 6.54 Å². The van der Waals surface area contributed by atoms with Crippen LogP contribution in [0.5, 0.6) is 17.4 Å². The molecule has 27 heavy (non-hydrogen) atoms. The number of benzene rings is 2. The lowest BCUT2D eigenvalue weighted by atomic mass is 10.2. The molecule has 1 aromatic heterocycles. The number of hydrogen-bond acceptors (Lipinski definition) is 4. The number of hydrogen-bond donors (Lipinski definition) is 2. The van der Waals surface area contributed by atoms with Gasteiger partial charge in [-0.15, -0.1) is 0 Å². The molecule has 0 aliphatic heterocycles. The van der Waals surface area contributed by atoms with Gasteiger partial charge in [-0.2, -0.15) is 0 Å². The molecule has 138 valence electrons. The Bertz CT molecular complexity index is 885. The lowest BCUT2D eigenvalue weighted by Gasteiger charge is -2.13. The first-order valence-corrected chi connectivity index (χ1v) is 8.69. The van der Waals surface area contributed by atoms with Gasteiger partial charge in [0, 0.05) is 18.3 Å². The van der Waals surface area contributed by atoms with E-state index in [0.29, 0.717) is 36.2 Å². The number of pyridine rings is 1. The predicted octanol–water partition coefficient (Wildman–Crippen LogP) is 4.59. The fourth-order valence-corrected chi connectivity index (χ4v) is 2.44. The smallest absolute Gasteiger partial charge is 0.319 e. The predicted molar refractivity (Wildman–Crippen MR) is 104 cm³/mol. The summed E-state index contributed by atoms with van der Waals surface area (Å²) in [4.78, 5) is 16.5. The van der Waals surface area contributed by atoms with Crippen molar-refractivity contribution in [2.75, 3.05) is 11.9 Å². The summed E-state index contributed by atoms with van der Waals surface area (Å²) in [5.74, 6) is 1.78. The summed E-state index contributed by atoms with van der Waals surface area (Å²) in [6, 6.07) is 20.0. The molecule has 2 amide bonds. The second-order valence-electron chi connectivity index (χ2n) is 5.62. The Labute approximate surface area is 158 Å². The molecule has 0 spiro atoms. The highest BCUT2D eigenvalue weighted by molar-refractivity contribution is 5.90. The fraction of sp³-hybridized carbons (Fsp3) is 0.143. The number of ether oxygens (including phenoxy) is 2. The monoisotopic (exact) mass is 363 g/mol. The van der Waals surface area contributed by atoms with Crippen molar-refractivity contribution < 1.29 is 14.3 Å².